The zero-order valence-electron chi connectivity index (χ0n) is 9.62. The molecule has 17 heavy (non-hydrogen) atoms. The van der Waals surface area contributed by atoms with Crippen molar-refractivity contribution in [3.05, 3.63) is 35.8 Å². The number of benzene rings is 1. The van der Waals surface area contributed by atoms with Crippen molar-refractivity contribution in [2.45, 2.75) is 37.3 Å². The summed E-state index contributed by atoms with van der Waals surface area (Å²) < 4.78 is 15.6. The Balaban J connectivity index is 2.01. The highest BCUT2D eigenvalue weighted by atomic mass is 19.1. The van der Waals surface area contributed by atoms with Crippen molar-refractivity contribution in [2.24, 2.45) is 5.73 Å². The van der Waals surface area contributed by atoms with Gasteiger partial charge < -0.3 is 10.3 Å². The standard InChI is InChI=1S/C14H15FN2/c15-9-1-4-11-12(14(16)5-6-14)8-17(10-2-3-10)13(11)7-9/h1,4,7-8,10H,2-3,5-6,16H2. The number of nitrogens with zero attached hydrogens (tertiary/aromatic N) is 1. The van der Waals surface area contributed by atoms with Crippen molar-refractivity contribution in [2.75, 3.05) is 0 Å². The lowest BCUT2D eigenvalue weighted by Gasteiger charge is -2.05. The summed E-state index contributed by atoms with van der Waals surface area (Å²) in [7, 11) is 0. The van der Waals surface area contributed by atoms with Crippen LogP contribution >= 0.6 is 0 Å². The number of fused-ring (bicyclic) bond motifs is 1. The summed E-state index contributed by atoms with van der Waals surface area (Å²) in [6, 6.07) is 5.62. The average Bonchev–Trinajstić information content (AvgIpc) is 3.21. The van der Waals surface area contributed by atoms with E-state index in [2.05, 4.69) is 10.8 Å². The zero-order chi connectivity index (χ0) is 11.6. The Bertz CT molecular complexity index is 606. The molecule has 1 aromatic carbocycles. The molecule has 2 aromatic rings. The third-order valence-corrected chi connectivity index (χ3v) is 4.06. The molecule has 0 saturated heterocycles. The number of rotatable bonds is 2. The first-order valence-electron chi connectivity index (χ1n) is 6.27. The van der Waals surface area contributed by atoms with Crippen molar-refractivity contribution in [1.29, 1.82) is 0 Å². The van der Waals surface area contributed by atoms with Crippen LogP contribution in [-0.2, 0) is 5.54 Å². The van der Waals surface area contributed by atoms with Gasteiger partial charge in [0, 0.05) is 23.2 Å². The molecule has 2 aliphatic carbocycles. The van der Waals surface area contributed by atoms with Crippen LogP contribution in [0.3, 0.4) is 0 Å². The van der Waals surface area contributed by atoms with Gasteiger partial charge in [-0.25, -0.2) is 4.39 Å². The van der Waals surface area contributed by atoms with Gasteiger partial charge in [-0.3, -0.25) is 0 Å². The first kappa shape index (κ1) is 9.66. The predicted octanol–water partition coefficient (Wildman–Crippen LogP) is 3.06. The first-order chi connectivity index (χ1) is 8.17. The molecule has 0 radical (unpaired) electrons. The second-order valence-corrected chi connectivity index (χ2v) is 5.50. The molecule has 1 heterocycles. The molecule has 0 aliphatic heterocycles. The van der Waals surface area contributed by atoms with E-state index in [1.807, 2.05) is 6.07 Å². The lowest BCUT2D eigenvalue weighted by Crippen LogP contribution is -2.18. The third-order valence-electron chi connectivity index (χ3n) is 4.06. The van der Waals surface area contributed by atoms with E-state index in [1.165, 1.54) is 24.5 Å². The fourth-order valence-electron chi connectivity index (χ4n) is 2.68. The van der Waals surface area contributed by atoms with E-state index < -0.39 is 0 Å². The number of halogens is 1. The molecule has 88 valence electrons. The minimum absolute atomic E-state index is 0.143. The molecule has 4 rings (SSSR count). The molecule has 0 amide bonds. The molecule has 3 heteroatoms. The van der Waals surface area contributed by atoms with E-state index >= 15 is 0 Å². The Labute approximate surface area is 99.2 Å². The molecular weight excluding hydrogens is 215 g/mol. The Morgan fingerprint density at radius 2 is 2.06 bits per heavy atom. The SMILES string of the molecule is NC1(c2cn(C3CC3)c3cc(F)ccc23)CC1. The normalized spacial score (nSPS) is 22.0. The topological polar surface area (TPSA) is 30.9 Å². The molecule has 0 atom stereocenters. The fraction of sp³-hybridized carbons (Fsp3) is 0.429. The predicted molar refractivity (Wildman–Crippen MR) is 65.3 cm³/mol. The molecule has 2 N–H and O–H groups in total. The first-order valence-corrected chi connectivity index (χ1v) is 6.27. The van der Waals surface area contributed by atoms with Gasteiger partial charge in [-0.15, -0.1) is 0 Å². The van der Waals surface area contributed by atoms with Gasteiger partial charge in [0.25, 0.3) is 0 Å². The summed E-state index contributed by atoms with van der Waals surface area (Å²) in [6.45, 7) is 0. The highest BCUT2D eigenvalue weighted by molar-refractivity contribution is 5.86. The van der Waals surface area contributed by atoms with Gasteiger partial charge in [0.05, 0.1) is 5.52 Å². The molecular formula is C14H15FN2. The van der Waals surface area contributed by atoms with Crippen LogP contribution in [0.4, 0.5) is 4.39 Å². The molecule has 0 bridgehead atoms. The highest BCUT2D eigenvalue weighted by Gasteiger charge is 2.43. The van der Waals surface area contributed by atoms with E-state index in [0.29, 0.717) is 6.04 Å². The third kappa shape index (κ3) is 1.35. The quantitative estimate of drug-likeness (QED) is 0.844. The summed E-state index contributed by atoms with van der Waals surface area (Å²) in [4.78, 5) is 0. The monoisotopic (exact) mass is 230 g/mol. The molecule has 2 fully saturated rings. The maximum Gasteiger partial charge on any atom is 0.125 e. The van der Waals surface area contributed by atoms with Crippen LogP contribution in [0.1, 0.15) is 37.3 Å². The van der Waals surface area contributed by atoms with Gasteiger partial charge in [0.1, 0.15) is 5.82 Å². The van der Waals surface area contributed by atoms with Crippen molar-refractivity contribution in [3.63, 3.8) is 0 Å². The highest BCUT2D eigenvalue weighted by Crippen LogP contribution is 2.48. The lowest BCUT2D eigenvalue weighted by atomic mass is 10.1. The van der Waals surface area contributed by atoms with Crippen LogP contribution in [0.15, 0.2) is 24.4 Å². The van der Waals surface area contributed by atoms with Gasteiger partial charge in [0.2, 0.25) is 0 Å². The van der Waals surface area contributed by atoms with Crippen molar-refractivity contribution in [3.8, 4) is 0 Å². The Morgan fingerprint density at radius 1 is 1.29 bits per heavy atom. The summed E-state index contributed by atoms with van der Waals surface area (Å²) in [5.41, 5.74) is 8.38. The summed E-state index contributed by atoms with van der Waals surface area (Å²) in [6.07, 6.45) is 6.67. The van der Waals surface area contributed by atoms with E-state index in [1.54, 1.807) is 6.07 Å². The maximum atomic E-state index is 13.4. The van der Waals surface area contributed by atoms with Gasteiger partial charge >= 0.3 is 0 Å². The van der Waals surface area contributed by atoms with Crippen molar-refractivity contribution >= 4 is 10.9 Å². The summed E-state index contributed by atoms with van der Waals surface area (Å²) >= 11 is 0. The number of hydrogen-bond acceptors (Lipinski definition) is 1. The van der Waals surface area contributed by atoms with Crippen LogP contribution in [0.5, 0.6) is 0 Å². The van der Waals surface area contributed by atoms with E-state index in [-0.39, 0.29) is 11.4 Å². The Morgan fingerprint density at radius 3 is 2.71 bits per heavy atom. The number of nitrogens with two attached hydrogens (primary N) is 1. The molecule has 0 unspecified atom stereocenters. The van der Waals surface area contributed by atoms with Gasteiger partial charge in [0.15, 0.2) is 0 Å². The van der Waals surface area contributed by atoms with Crippen molar-refractivity contribution < 1.29 is 4.39 Å². The van der Waals surface area contributed by atoms with Gasteiger partial charge in [-0.2, -0.15) is 0 Å². The fourth-order valence-corrected chi connectivity index (χ4v) is 2.68. The van der Waals surface area contributed by atoms with Crippen molar-refractivity contribution in [1.82, 2.24) is 4.57 Å². The van der Waals surface area contributed by atoms with Crippen LogP contribution in [-0.4, -0.2) is 4.57 Å². The molecule has 2 aliphatic rings. The minimum atomic E-state index is -0.161. The Hall–Kier alpha value is -1.35. The van der Waals surface area contributed by atoms with Crippen LogP contribution in [0.25, 0.3) is 10.9 Å². The van der Waals surface area contributed by atoms with Crippen LogP contribution in [0, 0.1) is 5.82 Å². The molecule has 2 saturated carbocycles. The Kier molecular flexibility index (Phi) is 1.65. The lowest BCUT2D eigenvalue weighted by molar-refractivity contribution is 0.628. The smallest absolute Gasteiger partial charge is 0.125 e. The van der Waals surface area contributed by atoms with Crippen LogP contribution in [0.2, 0.25) is 0 Å². The molecule has 1 aromatic heterocycles. The van der Waals surface area contributed by atoms with Gasteiger partial charge in [-0.05, 0) is 49.4 Å². The molecule has 0 spiro atoms. The van der Waals surface area contributed by atoms with E-state index in [0.717, 1.165) is 23.7 Å². The maximum absolute atomic E-state index is 13.4. The second kappa shape index (κ2) is 2.91. The largest absolute Gasteiger partial charge is 0.344 e. The van der Waals surface area contributed by atoms with Crippen LogP contribution < -0.4 is 5.73 Å². The van der Waals surface area contributed by atoms with E-state index in [9.17, 15) is 4.39 Å². The second-order valence-electron chi connectivity index (χ2n) is 5.50. The average molecular weight is 230 g/mol. The number of aromatic nitrogens is 1. The van der Waals surface area contributed by atoms with E-state index in [4.69, 9.17) is 5.73 Å². The summed E-state index contributed by atoms with van der Waals surface area (Å²) in [5.74, 6) is -0.161. The number of hydrogen-bond donors (Lipinski definition) is 1. The minimum Gasteiger partial charge on any atom is -0.344 e. The molecule has 2 nitrogen and oxygen atoms in total. The summed E-state index contributed by atoms with van der Waals surface area (Å²) in [5, 5.41) is 1.14. The zero-order valence-corrected chi connectivity index (χ0v) is 9.62. The van der Waals surface area contributed by atoms with Gasteiger partial charge in [-0.1, -0.05) is 0 Å².